The van der Waals surface area contributed by atoms with Gasteiger partial charge in [-0.1, -0.05) is 11.6 Å². The Morgan fingerprint density at radius 2 is 1.73 bits per heavy atom. The molecular formula is C13H11ClN2O5S. The van der Waals surface area contributed by atoms with Crippen LogP contribution in [0.4, 0.5) is 5.69 Å². The zero-order chi connectivity index (χ0) is 16.3. The van der Waals surface area contributed by atoms with Gasteiger partial charge in [0.15, 0.2) is 0 Å². The summed E-state index contributed by atoms with van der Waals surface area (Å²) in [6, 6.07) is 9.22. The zero-order valence-corrected chi connectivity index (χ0v) is 12.5. The number of carboxylic acids is 1. The molecule has 4 N–H and O–H groups in total. The molecule has 0 unspecified atom stereocenters. The lowest BCUT2D eigenvalue weighted by molar-refractivity contribution is 0.0693. The Morgan fingerprint density at radius 3 is 2.32 bits per heavy atom. The topological polar surface area (TPSA) is 116 Å². The quantitative estimate of drug-likeness (QED) is 0.618. The van der Waals surface area contributed by atoms with E-state index in [-0.39, 0.29) is 4.90 Å². The van der Waals surface area contributed by atoms with Crippen molar-refractivity contribution < 1.29 is 23.4 Å². The third-order valence-corrected chi connectivity index (χ3v) is 4.18. The molecule has 0 aliphatic heterocycles. The van der Waals surface area contributed by atoms with E-state index in [1.165, 1.54) is 0 Å². The highest BCUT2D eigenvalue weighted by Crippen LogP contribution is 2.21. The lowest BCUT2D eigenvalue weighted by Crippen LogP contribution is -2.29. The summed E-state index contributed by atoms with van der Waals surface area (Å²) in [7, 11) is -4.01. The normalized spacial score (nSPS) is 11.1. The number of benzene rings is 2. The number of aromatic carboxylic acids is 1. The van der Waals surface area contributed by atoms with Gasteiger partial charge in [-0.2, -0.15) is 0 Å². The van der Waals surface area contributed by atoms with Gasteiger partial charge in [0.05, 0.1) is 4.90 Å². The Bertz CT molecular complexity index is 806. The average molecular weight is 343 g/mol. The van der Waals surface area contributed by atoms with Crippen molar-refractivity contribution >= 4 is 33.3 Å². The van der Waals surface area contributed by atoms with Gasteiger partial charge in [0.25, 0.3) is 10.0 Å². The van der Waals surface area contributed by atoms with Gasteiger partial charge >= 0.3 is 5.97 Å². The first-order valence-corrected chi connectivity index (χ1v) is 7.75. The van der Waals surface area contributed by atoms with Crippen LogP contribution in [0.1, 0.15) is 10.4 Å². The highest BCUT2D eigenvalue weighted by atomic mass is 35.5. The minimum absolute atomic E-state index is 0.302. The number of carboxylic acid groups (broad SMARTS) is 1. The smallest absolute Gasteiger partial charge is 0.339 e. The van der Waals surface area contributed by atoms with Crippen LogP contribution in [0.5, 0.6) is 5.75 Å². The van der Waals surface area contributed by atoms with Crippen molar-refractivity contribution in [2.45, 2.75) is 4.90 Å². The highest BCUT2D eigenvalue weighted by molar-refractivity contribution is 7.89. The van der Waals surface area contributed by atoms with Crippen molar-refractivity contribution in [2.24, 2.45) is 0 Å². The first-order valence-electron chi connectivity index (χ1n) is 5.89. The predicted molar refractivity (Wildman–Crippen MR) is 80.5 cm³/mol. The molecule has 2 rings (SSSR count). The number of halogens is 1. The second-order valence-electron chi connectivity index (χ2n) is 4.22. The monoisotopic (exact) mass is 342 g/mol. The van der Waals surface area contributed by atoms with Crippen LogP contribution in [0.15, 0.2) is 47.4 Å². The summed E-state index contributed by atoms with van der Waals surface area (Å²) in [6.07, 6.45) is 0. The van der Waals surface area contributed by atoms with E-state index >= 15 is 0 Å². The van der Waals surface area contributed by atoms with Crippen molar-refractivity contribution in [3.63, 3.8) is 0 Å². The Labute approximate surface area is 131 Å². The molecule has 2 aromatic carbocycles. The molecule has 0 aromatic heterocycles. The summed E-state index contributed by atoms with van der Waals surface area (Å²) in [6.45, 7) is 0. The summed E-state index contributed by atoms with van der Waals surface area (Å²) in [5.41, 5.74) is 2.41. The molecule has 7 nitrogen and oxygen atoms in total. The SMILES string of the molecule is O=C(O)c1cc(S(=O)(=O)NNc2ccc(Cl)cc2)ccc1O. The third-order valence-electron chi connectivity index (χ3n) is 2.68. The van der Waals surface area contributed by atoms with E-state index in [2.05, 4.69) is 10.3 Å². The Balaban J connectivity index is 2.21. The van der Waals surface area contributed by atoms with Crippen LogP contribution in [0.25, 0.3) is 0 Å². The van der Waals surface area contributed by atoms with E-state index < -0.39 is 27.3 Å². The molecule has 0 fully saturated rings. The molecule has 0 spiro atoms. The van der Waals surface area contributed by atoms with Crippen molar-refractivity contribution in [3.05, 3.63) is 53.1 Å². The first kappa shape index (κ1) is 16.1. The number of phenols is 1. The number of hydrogen-bond donors (Lipinski definition) is 4. The van der Waals surface area contributed by atoms with E-state index in [9.17, 15) is 18.3 Å². The van der Waals surface area contributed by atoms with Crippen LogP contribution in [-0.2, 0) is 10.0 Å². The molecule has 0 saturated heterocycles. The number of nitrogens with one attached hydrogen (secondary N) is 2. The van der Waals surface area contributed by atoms with Crippen LogP contribution < -0.4 is 10.3 Å². The molecule has 9 heteroatoms. The van der Waals surface area contributed by atoms with Crippen molar-refractivity contribution in [2.75, 3.05) is 5.43 Å². The molecule has 0 aliphatic rings. The van der Waals surface area contributed by atoms with E-state index in [1.54, 1.807) is 24.3 Å². The van der Waals surface area contributed by atoms with Crippen LogP contribution in [-0.4, -0.2) is 24.6 Å². The first-order chi connectivity index (χ1) is 10.3. The minimum Gasteiger partial charge on any atom is -0.507 e. The Kier molecular flexibility index (Phi) is 4.55. The molecule has 0 heterocycles. The van der Waals surface area contributed by atoms with E-state index in [0.29, 0.717) is 10.7 Å². The number of hydrazine groups is 1. The van der Waals surface area contributed by atoms with Gasteiger partial charge in [0, 0.05) is 10.7 Å². The van der Waals surface area contributed by atoms with Crippen LogP contribution in [0.3, 0.4) is 0 Å². The summed E-state index contributed by atoms with van der Waals surface area (Å²) in [5.74, 6) is -1.95. The molecule has 0 saturated carbocycles. The van der Waals surface area contributed by atoms with Crippen molar-refractivity contribution in [3.8, 4) is 5.75 Å². The standard InChI is InChI=1S/C13H11ClN2O5S/c14-8-1-3-9(4-2-8)15-16-22(20,21)10-5-6-12(17)11(7-10)13(18)19/h1-7,15-17H,(H,18,19). The van der Waals surface area contributed by atoms with E-state index in [0.717, 1.165) is 18.2 Å². The van der Waals surface area contributed by atoms with Gasteiger partial charge in [-0.15, -0.1) is 4.83 Å². The molecule has 0 amide bonds. The van der Waals surface area contributed by atoms with Crippen LogP contribution in [0, 0.1) is 0 Å². The fourth-order valence-corrected chi connectivity index (χ4v) is 2.59. The maximum atomic E-state index is 12.1. The maximum Gasteiger partial charge on any atom is 0.339 e. The molecule has 0 aliphatic carbocycles. The lowest BCUT2D eigenvalue weighted by atomic mass is 10.2. The second kappa shape index (κ2) is 6.22. The van der Waals surface area contributed by atoms with Gasteiger partial charge in [0.1, 0.15) is 11.3 Å². The molecule has 116 valence electrons. The lowest BCUT2D eigenvalue weighted by Gasteiger charge is -2.10. The second-order valence-corrected chi connectivity index (χ2v) is 6.34. The number of anilines is 1. The summed E-state index contributed by atoms with van der Waals surface area (Å²) in [5, 5.41) is 18.8. The van der Waals surface area contributed by atoms with Gasteiger partial charge in [0.2, 0.25) is 0 Å². The third kappa shape index (κ3) is 3.67. The maximum absolute atomic E-state index is 12.1. The Hall–Kier alpha value is -2.29. The van der Waals surface area contributed by atoms with Gasteiger partial charge in [-0.25, -0.2) is 13.2 Å². The summed E-state index contributed by atoms with van der Waals surface area (Å²) < 4.78 is 24.2. The number of hydrogen-bond acceptors (Lipinski definition) is 5. The van der Waals surface area contributed by atoms with Crippen LogP contribution >= 0.6 is 11.6 Å². The summed E-state index contributed by atoms with van der Waals surface area (Å²) in [4.78, 5) is 12.7. The molecule has 0 radical (unpaired) electrons. The number of aromatic hydroxyl groups is 1. The molecule has 22 heavy (non-hydrogen) atoms. The van der Waals surface area contributed by atoms with E-state index in [4.69, 9.17) is 16.7 Å². The zero-order valence-electron chi connectivity index (χ0n) is 10.9. The van der Waals surface area contributed by atoms with E-state index in [1.807, 2.05) is 0 Å². The molecule has 2 aromatic rings. The number of sulfonamides is 1. The summed E-state index contributed by atoms with van der Waals surface area (Å²) >= 11 is 5.71. The Morgan fingerprint density at radius 1 is 1.09 bits per heavy atom. The molecule has 0 bridgehead atoms. The average Bonchev–Trinajstić information content (AvgIpc) is 2.46. The largest absolute Gasteiger partial charge is 0.507 e. The number of carbonyl (C=O) groups is 1. The molecular weight excluding hydrogens is 332 g/mol. The highest BCUT2D eigenvalue weighted by Gasteiger charge is 2.18. The fraction of sp³-hybridized carbons (Fsp3) is 0. The number of rotatable bonds is 5. The van der Waals surface area contributed by atoms with Gasteiger partial charge < -0.3 is 15.6 Å². The van der Waals surface area contributed by atoms with Gasteiger partial charge in [-0.05, 0) is 42.5 Å². The van der Waals surface area contributed by atoms with Gasteiger partial charge in [-0.3, -0.25) is 0 Å². The van der Waals surface area contributed by atoms with Crippen molar-refractivity contribution in [1.82, 2.24) is 4.83 Å². The fourth-order valence-electron chi connectivity index (χ4n) is 1.57. The predicted octanol–water partition coefficient (Wildman–Crippen LogP) is 2.05. The van der Waals surface area contributed by atoms with Crippen LogP contribution in [0.2, 0.25) is 5.02 Å². The van der Waals surface area contributed by atoms with Crippen molar-refractivity contribution in [1.29, 1.82) is 0 Å². The molecule has 0 atom stereocenters. The minimum atomic E-state index is -4.01.